The Morgan fingerprint density at radius 1 is 1.06 bits per heavy atom. The molecule has 0 aliphatic carbocycles. The van der Waals surface area contributed by atoms with E-state index in [-0.39, 0.29) is 24.1 Å². The number of hydrogen-bond acceptors (Lipinski definition) is 4. The average molecular weight is 462 g/mol. The first kappa shape index (κ1) is 21.2. The molecule has 8 heteroatoms. The first-order chi connectivity index (χ1) is 15.9. The molecule has 1 N–H and O–H groups in total. The number of carbonyl (C=O) groups is 3. The molecule has 0 aromatic heterocycles. The Hall–Kier alpha value is -3.65. The fourth-order valence-corrected chi connectivity index (χ4v) is 5.75. The van der Waals surface area contributed by atoms with Crippen LogP contribution in [0.15, 0.2) is 72.8 Å². The maximum Gasteiger partial charge on any atom is 0.269 e. The van der Waals surface area contributed by atoms with Crippen molar-refractivity contribution in [2.45, 2.75) is 11.8 Å². The SMILES string of the molecule is Cc1cccc(NC(=O)CN2C(=O)[C@]3(SCC(=O)N3c3cccc(F)c3)c3ccccc32)c1. The third kappa shape index (κ3) is 3.47. The maximum atomic E-state index is 14.0. The van der Waals surface area contributed by atoms with E-state index in [9.17, 15) is 18.8 Å². The van der Waals surface area contributed by atoms with Crippen LogP contribution < -0.4 is 15.1 Å². The summed E-state index contributed by atoms with van der Waals surface area (Å²) < 4.78 is 14.0. The predicted molar refractivity (Wildman–Crippen MR) is 127 cm³/mol. The lowest BCUT2D eigenvalue weighted by Gasteiger charge is -2.33. The number of nitrogens with one attached hydrogen (secondary N) is 1. The predicted octanol–water partition coefficient (Wildman–Crippen LogP) is 4.05. The molecule has 0 unspecified atom stereocenters. The van der Waals surface area contributed by atoms with Crippen LogP contribution in [0, 0.1) is 12.7 Å². The highest BCUT2D eigenvalue weighted by molar-refractivity contribution is 8.02. The van der Waals surface area contributed by atoms with Gasteiger partial charge >= 0.3 is 0 Å². The third-order valence-corrected chi connectivity index (χ3v) is 7.12. The zero-order valence-corrected chi connectivity index (χ0v) is 18.6. The molecule has 5 rings (SSSR count). The molecule has 166 valence electrons. The standard InChI is InChI=1S/C25H20FN3O3S/c1-16-6-4-8-18(12-16)27-22(30)14-28-21-11-3-2-10-20(21)25(24(28)32)29(23(31)15-33-25)19-9-5-7-17(26)13-19/h2-13H,14-15H2,1H3,(H,27,30)/t25-/m1/s1. The summed E-state index contributed by atoms with van der Waals surface area (Å²) in [6, 6.07) is 20.2. The van der Waals surface area contributed by atoms with Crippen molar-refractivity contribution in [2.75, 3.05) is 27.4 Å². The topological polar surface area (TPSA) is 69.7 Å². The highest BCUT2D eigenvalue weighted by Crippen LogP contribution is 2.55. The fraction of sp³-hybridized carbons (Fsp3) is 0.160. The number of anilines is 3. The maximum absolute atomic E-state index is 14.0. The van der Waals surface area contributed by atoms with E-state index >= 15 is 0 Å². The molecule has 3 amide bonds. The molecule has 6 nitrogen and oxygen atoms in total. The second kappa shape index (κ2) is 8.04. The monoisotopic (exact) mass is 461 g/mol. The van der Waals surface area contributed by atoms with Crippen molar-refractivity contribution < 1.29 is 18.8 Å². The van der Waals surface area contributed by atoms with Gasteiger partial charge in [0, 0.05) is 16.9 Å². The molecule has 0 radical (unpaired) electrons. The number of thioether (sulfide) groups is 1. The lowest BCUT2D eigenvalue weighted by Crippen LogP contribution is -2.50. The second-order valence-electron chi connectivity index (χ2n) is 7.97. The minimum Gasteiger partial charge on any atom is -0.325 e. The number of fused-ring (bicyclic) bond motifs is 2. The van der Waals surface area contributed by atoms with Gasteiger partial charge in [-0.3, -0.25) is 24.2 Å². The van der Waals surface area contributed by atoms with Gasteiger partial charge < -0.3 is 5.32 Å². The van der Waals surface area contributed by atoms with Gasteiger partial charge in [-0.25, -0.2) is 4.39 Å². The number of benzene rings is 3. The minimum absolute atomic E-state index is 0.0694. The lowest BCUT2D eigenvalue weighted by molar-refractivity contribution is -0.124. The highest BCUT2D eigenvalue weighted by Gasteiger charge is 2.61. The Balaban J connectivity index is 1.52. The Labute approximate surface area is 194 Å². The van der Waals surface area contributed by atoms with E-state index in [0.29, 0.717) is 22.6 Å². The Morgan fingerprint density at radius 2 is 1.85 bits per heavy atom. The molecular formula is C25H20FN3O3S. The van der Waals surface area contributed by atoms with Crippen molar-refractivity contribution in [3.05, 3.63) is 89.7 Å². The number of nitrogens with zero attached hydrogens (tertiary/aromatic N) is 2. The van der Waals surface area contributed by atoms with Crippen LogP contribution in [0.3, 0.4) is 0 Å². The van der Waals surface area contributed by atoms with Crippen LogP contribution in [0.4, 0.5) is 21.5 Å². The summed E-state index contributed by atoms with van der Waals surface area (Å²) in [7, 11) is 0. The fourth-order valence-electron chi connectivity index (χ4n) is 4.39. The molecule has 1 atom stereocenters. The van der Waals surface area contributed by atoms with Gasteiger partial charge in [0.2, 0.25) is 16.7 Å². The molecule has 0 saturated carbocycles. The quantitative estimate of drug-likeness (QED) is 0.637. The highest BCUT2D eigenvalue weighted by atomic mass is 32.2. The second-order valence-corrected chi connectivity index (χ2v) is 9.14. The molecule has 3 aromatic rings. The van der Waals surface area contributed by atoms with Gasteiger partial charge in [-0.15, -0.1) is 11.8 Å². The van der Waals surface area contributed by atoms with Crippen molar-refractivity contribution in [1.82, 2.24) is 0 Å². The zero-order chi connectivity index (χ0) is 23.2. The summed E-state index contributed by atoms with van der Waals surface area (Å²) in [5.74, 6) is -1.48. The largest absolute Gasteiger partial charge is 0.325 e. The van der Waals surface area contributed by atoms with Crippen LogP contribution in [0.5, 0.6) is 0 Å². The number of halogens is 1. The molecule has 3 aromatic carbocycles. The smallest absolute Gasteiger partial charge is 0.269 e. The summed E-state index contributed by atoms with van der Waals surface area (Å²) in [6.45, 7) is 1.71. The van der Waals surface area contributed by atoms with E-state index in [1.165, 1.54) is 39.8 Å². The zero-order valence-electron chi connectivity index (χ0n) is 17.7. The summed E-state index contributed by atoms with van der Waals surface area (Å²) >= 11 is 1.19. The van der Waals surface area contributed by atoms with Crippen LogP contribution >= 0.6 is 11.8 Å². The van der Waals surface area contributed by atoms with E-state index in [0.717, 1.165) is 5.56 Å². The van der Waals surface area contributed by atoms with Gasteiger partial charge in [0.15, 0.2) is 0 Å². The number of carbonyl (C=O) groups excluding carboxylic acids is 3. The van der Waals surface area contributed by atoms with Gasteiger partial charge in [-0.1, -0.05) is 36.4 Å². The molecule has 0 bridgehead atoms. The van der Waals surface area contributed by atoms with Crippen LogP contribution in [-0.2, 0) is 19.3 Å². The molecular weight excluding hydrogens is 441 g/mol. The van der Waals surface area contributed by atoms with Crippen LogP contribution in [-0.4, -0.2) is 30.0 Å². The number of rotatable bonds is 4. The Morgan fingerprint density at radius 3 is 2.64 bits per heavy atom. The Bertz CT molecular complexity index is 1300. The van der Waals surface area contributed by atoms with Crippen molar-refractivity contribution in [1.29, 1.82) is 0 Å². The van der Waals surface area contributed by atoms with E-state index in [4.69, 9.17) is 0 Å². The van der Waals surface area contributed by atoms with E-state index in [1.807, 2.05) is 25.1 Å². The number of amides is 3. The van der Waals surface area contributed by atoms with Crippen LogP contribution in [0.1, 0.15) is 11.1 Å². The molecule has 2 aliphatic rings. The number of para-hydroxylation sites is 1. The molecule has 1 saturated heterocycles. The van der Waals surface area contributed by atoms with Gasteiger partial charge in [0.25, 0.3) is 5.91 Å². The molecule has 1 spiro atoms. The molecule has 2 aliphatic heterocycles. The first-order valence-corrected chi connectivity index (χ1v) is 11.4. The molecule has 33 heavy (non-hydrogen) atoms. The summed E-state index contributed by atoms with van der Waals surface area (Å²) in [5.41, 5.74) is 3.12. The number of hydrogen-bond donors (Lipinski definition) is 1. The van der Waals surface area contributed by atoms with Crippen LogP contribution in [0.25, 0.3) is 0 Å². The van der Waals surface area contributed by atoms with E-state index in [1.54, 1.807) is 36.4 Å². The van der Waals surface area contributed by atoms with Gasteiger partial charge in [0.05, 0.1) is 11.4 Å². The van der Waals surface area contributed by atoms with E-state index < -0.39 is 16.6 Å². The lowest BCUT2D eigenvalue weighted by atomic mass is 10.0. The Kier molecular flexibility index (Phi) is 5.17. The summed E-state index contributed by atoms with van der Waals surface area (Å²) in [4.78, 5) is 41.1. The minimum atomic E-state index is -1.38. The van der Waals surface area contributed by atoms with Gasteiger partial charge in [-0.05, 0) is 48.9 Å². The van der Waals surface area contributed by atoms with Crippen molar-refractivity contribution >= 4 is 46.5 Å². The first-order valence-electron chi connectivity index (χ1n) is 10.4. The van der Waals surface area contributed by atoms with Crippen molar-refractivity contribution in [3.8, 4) is 0 Å². The summed E-state index contributed by atoms with van der Waals surface area (Å²) in [6.07, 6.45) is 0. The molecule has 2 heterocycles. The third-order valence-electron chi connectivity index (χ3n) is 5.73. The number of aryl methyl sites for hydroxylation is 1. The van der Waals surface area contributed by atoms with Gasteiger partial charge in [0.1, 0.15) is 12.4 Å². The molecule has 1 fully saturated rings. The average Bonchev–Trinajstić information content (AvgIpc) is 3.25. The van der Waals surface area contributed by atoms with Gasteiger partial charge in [-0.2, -0.15) is 0 Å². The van der Waals surface area contributed by atoms with Crippen molar-refractivity contribution in [2.24, 2.45) is 0 Å². The summed E-state index contributed by atoms with van der Waals surface area (Å²) in [5, 5.41) is 2.83. The normalized spacial score (nSPS) is 19.3. The van der Waals surface area contributed by atoms with Crippen molar-refractivity contribution in [3.63, 3.8) is 0 Å². The van der Waals surface area contributed by atoms with E-state index in [2.05, 4.69) is 5.32 Å². The van der Waals surface area contributed by atoms with Crippen LogP contribution in [0.2, 0.25) is 0 Å².